The van der Waals surface area contributed by atoms with Crippen LogP contribution in [-0.2, 0) is 17.8 Å². The third-order valence-electron chi connectivity index (χ3n) is 6.58. The average Bonchev–Trinajstić information content (AvgIpc) is 2.81. The second-order valence-corrected chi connectivity index (χ2v) is 8.73. The van der Waals surface area contributed by atoms with Gasteiger partial charge in [-0.3, -0.25) is 19.6 Å². The van der Waals surface area contributed by atoms with Gasteiger partial charge in [-0.1, -0.05) is 36.4 Å². The van der Waals surface area contributed by atoms with Gasteiger partial charge in [0, 0.05) is 38.1 Å². The second kappa shape index (κ2) is 10.7. The largest absolute Gasteiger partial charge is 0.355 e. The molecule has 1 atom stereocenters. The molecule has 0 radical (unpaired) electrons. The van der Waals surface area contributed by atoms with Crippen molar-refractivity contribution in [2.45, 2.75) is 44.7 Å². The molecule has 2 aliphatic rings. The Bertz CT molecular complexity index is 774. The van der Waals surface area contributed by atoms with Gasteiger partial charge >= 0.3 is 0 Å². The Labute approximate surface area is 180 Å². The predicted octanol–water partition coefficient (Wildman–Crippen LogP) is 3.12. The van der Waals surface area contributed by atoms with Crippen LogP contribution in [0.3, 0.4) is 0 Å². The van der Waals surface area contributed by atoms with E-state index in [9.17, 15) is 4.79 Å². The number of benzene rings is 1. The van der Waals surface area contributed by atoms with E-state index in [1.54, 1.807) is 0 Å². The first-order valence-electron chi connectivity index (χ1n) is 11.4. The summed E-state index contributed by atoms with van der Waals surface area (Å²) in [5.74, 6) is 0.382. The zero-order chi connectivity index (χ0) is 20.6. The van der Waals surface area contributed by atoms with Gasteiger partial charge in [0.1, 0.15) is 0 Å². The van der Waals surface area contributed by atoms with Crippen LogP contribution in [0.25, 0.3) is 0 Å². The normalized spacial score (nSPS) is 21.4. The minimum Gasteiger partial charge on any atom is -0.355 e. The van der Waals surface area contributed by atoms with E-state index in [0.29, 0.717) is 6.04 Å². The van der Waals surface area contributed by atoms with E-state index in [2.05, 4.69) is 50.4 Å². The molecule has 5 nitrogen and oxygen atoms in total. The van der Waals surface area contributed by atoms with Crippen LogP contribution in [-0.4, -0.2) is 59.5 Å². The Hall–Kier alpha value is -2.24. The number of nitrogens with zero attached hydrogens (tertiary/aromatic N) is 3. The average molecular weight is 407 g/mol. The van der Waals surface area contributed by atoms with E-state index in [1.165, 1.54) is 24.0 Å². The third-order valence-corrected chi connectivity index (χ3v) is 6.58. The van der Waals surface area contributed by atoms with Gasteiger partial charge in [0.05, 0.1) is 5.92 Å². The number of carbonyl (C=O) groups is 1. The molecule has 0 spiro atoms. The van der Waals surface area contributed by atoms with Gasteiger partial charge in [0.25, 0.3) is 0 Å². The Morgan fingerprint density at radius 2 is 1.80 bits per heavy atom. The highest BCUT2D eigenvalue weighted by Crippen LogP contribution is 2.24. The van der Waals surface area contributed by atoms with Crippen LogP contribution in [0, 0.1) is 5.92 Å². The van der Waals surface area contributed by atoms with E-state index >= 15 is 0 Å². The van der Waals surface area contributed by atoms with Crippen LogP contribution in [0.5, 0.6) is 0 Å². The molecule has 2 aromatic rings. The molecule has 0 aliphatic carbocycles. The molecule has 2 fully saturated rings. The lowest BCUT2D eigenvalue weighted by molar-refractivity contribution is -0.127. The van der Waals surface area contributed by atoms with Crippen LogP contribution in [0.15, 0.2) is 54.9 Å². The number of pyridine rings is 1. The maximum absolute atomic E-state index is 12.7. The maximum atomic E-state index is 12.7. The summed E-state index contributed by atoms with van der Waals surface area (Å²) in [5.41, 5.74) is 2.57. The van der Waals surface area contributed by atoms with Gasteiger partial charge in [-0.25, -0.2) is 0 Å². The molecule has 1 amide bonds. The summed E-state index contributed by atoms with van der Waals surface area (Å²) < 4.78 is 0. The van der Waals surface area contributed by atoms with Crippen molar-refractivity contribution in [1.82, 2.24) is 20.1 Å². The van der Waals surface area contributed by atoms with Crippen molar-refractivity contribution >= 4 is 5.91 Å². The summed E-state index contributed by atoms with van der Waals surface area (Å²) in [6.07, 6.45) is 9.25. The molecule has 1 aromatic carbocycles. The van der Waals surface area contributed by atoms with Crippen molar-refractivity contribution in [3.05, 3.63) is 66.0 Å². The maximum Gasteiger partial charge on any atom is 0.224 e. The number of piperidine rings is 2. The van der Waals surface area contributed by atoms with Crippen molar-refractivity contribution in [1.29, 1.82) is 0 Å². The topological polar surface area (TPSA) is 48.5 Å². The molecule has 0 unspecified atom stereocenters. The monoisotopic (exact) mass is 406 g/mol. The smallest absolute Gasteiger partial charge is 0.224 e. The van der Waals surface area contributed by atoms with Crippen LogP contribution in [0.1, 0.15) is 36.8 Å². The first-order valence-corrected chi connectivity index (χ1v) is 11.4. The van der Waals surface area contributed by atoms with Crippen LogP contribution >= 0.6 is 0 Å². The quantitative estimate of drug-likeness (QED) is 0.768. The van der Waals surface area contributed by atoms with Gasteiger partial charge in [0.2, 0.25) is 5.91 Å². The van der Waals surface area contributed by atoms with Gasteiger partial charge in [-0.15, -0.1) is 0 Å². The standard InChI is InChI=1S/C25H34N4O/c30-25(27-14-10-21-6-2-1-3-7-21)23-9-5-15-29(20-23)24-11-16-28(17-12-24)19-22-8-4-13-26-18-22/h1-4,6-8,13,18,23-24H,5,9-12,14-17,19-20H2,(H,27,30)/t23-/m1/s1. The lowest BCUT2D eigenvalue weighted by Gasteiger charge is -2.42. The number of rotatable bonds is 7. The Balaban J connectivity index is 1.20. The Morgan fingerprint density at radius 1 is 1.00 bits per heavy atom. The summed E-state index contributed by atoms with van der Waals surface area (Å²) in [6, 6.07) is 15.2. The zero-order valence-electron chi connectivity index (χ0n) is 17.9. The van der Waals surface area contributed by atoms with Gasteiger partial charge < -0.3 is 5.32 Å². The molecule has 5 heteroatoms. The van der Waals surface area contributed by atoms with Gasteiger partial charge in [0.15, 0.2) is 0 Å². The van der Waals surface area contributed by atoms with Crippen LogP contribution in [0.2, 0.25) is 0 Å². The fraction of sp³-hybridized carbons (Fsp3) is 0.520. The summed E-state index contributed by atoms with van der Waals surface area (Å²) >= 11 is 0. The minimum absolute atomic E-state index is 0.142. The number of aromatic nitrogens is 1. The van der Waals surface area contributed by atoms with E-state index in [0.717, 1.165) is 58.5 Å². The SMILES string of the molecule is O=C(NCCc1ccccc1)[C@@H]1CCCN(C2CCN(Cc3cccnc3)CC2)C1. The molecular formula is C25H34N4O. The second-order valence-electron chi connectivity index (χ2n) is 8.73. The number of carbonyl (C=O) groups excluding carboxylic acids is 1. The van der Waals surface area contributed by atoms with E-state index in [4.69, 9.17) is 0 Å². The number of likely N-dealkylation sites (tertiary alicyclic amines) is 2. The van der Waals surface area contributed by atoms with Crippen molar-refractivity contribution in [2.75, 3.05) is 32.7 Å². The van der Waals surface area contributed by atoms with Crippen molar-refractivity contribution in [3.8, 4) is 0 Å². The molecule has 1 aromatic heterocycles. The number of hydrogen-bond acceptors (Lipinski definition) is 4. The van der Waals surface area contributed by atoms with E-state index < -0.39 is 0 Å². The predicted molar refractivity (Wildman–Crippen MR) is 120 cm³/mol. The molecule has 1 N–H and O–H groups in total. The highest BCUT2D eigenvalue weighted by molar-refractivity contribution is 5.79. The van der Waals surface area contributed by atoms with Crippen molar-refractivity contribution in [2.24, 2.45) is 5.92 Å². The fourth-order valence-electron chi connectivity index (χ4n) is 4.86. The molecular weight excluding hydrogens is 372 g/mol. The molecule has 160 valence electrons. The fourth-order valence-corrected chi connectivity index (χ4v) is 4.86. The molecule has 30 heavy (non-hydrogen) atoms. The molecule has 0 bridgehead atoms. The minimum atomic E-state index is 0.142. The first-order chi connectivity index (χ1) is 14.8. The summed E-state index contributed by atoms with van der Waals surface area (Å²) in [4.78, 5) is 22.1. The van der Waals surface area contributed by atoms with Crippen molar-refractivity contribution < 1.29 is 4.79 Å². The van der Waals surface area contributed by atoms with Crippen LogP contribution in [0.4, 0.5) is 0 Å². The number of nitrogens with one attached hydrogen (secondary N) is 1. The lowest BCUT2D eigenvalue weighted by atomic mass is 9.93. The molecule has 2 aliphatic heterocycles. The highest BCUT2D eigenvalue weighted by atomic mass is 16.1. The molecule has 3 heterocycles. The lowest BCUT2D eigenvalue weighted by Crippen LogP contribution is -2.50. The molecule has 2 saturated heterocycles. The summed E-state index contributed by atoms with van der Waals surface area (Å²) in [7, 11) is 0. The summed E-state index contributed by atoms with van der Waals surface area (Å²) in [5, 5.41) is 3.18. The van der Waals surface area contributed by atoms with E-state index in [-0.39, 0.29) is 11.8 Å². The first kappa shape index (κ1) is 21.0. The number of hydrogen-bond donors (Lipinski definition) is 1. The Morgan fingerprint density at radius 3 is 2.57 bits per heavy atom. The zero-order valence-corrected chi connectivity index (χ0v) is 17.9. The van der Waals surface area contributed by atoms with Gasteiger partial charge in [-0.05, 0) is 68.9 Å². The summed E-state index contributed by atoms with van der Waals surface area (Å²) in [6.45, 7) is 6.04. The van der Waals surface area contributed by atoms with Crippen molar-refractivity contribution in [3.63, 3.8) is 0 Å². The van der Waals surface area contributed by atoms with E-state index in [1.807, 2.05) is 24.5 Å². The third kappa shape index (κ3) is 5.89. The number of amides is 1. The molecule has 0 saturated carbocycles. The highest BCUT2D eigenvalue weighted by Gasteiger charge is 2.31. The Kier molecular flexibility index (Phi) is 7.49. The van der Waals surface area contributed by atoms with Crippen LogP contribution < -0.4 is 5.32 Å². The molecule has 4 rings (SSSR count). The van der Waals surface area contributed by atoms with Gasteiger partial charge in [-0.2, -0.15) is 0 Å².